The lowest BCUT2D eigenvalue weighted by atomic mass is 9.84. The Balaban J connectivity index is 0.00000408. The van der Waals surface area contributed by atoms with Crippen LogP contribution in [0.2, 0.25) is 0 Å². The van der Waals surface area contributed by atoms with Gasteiger partial charge in [-0.05, 0) is 24.0 Å². The van der Waals surface area contributed by atoms with Crippen molar-refractivity contribution in [1.29, 1.82) is 5.41 Å². The summed E-state index contributed by atoms with van der Waals surface area (Å²) in [5.41, 5.74) is 6.91. The zero-order valence-corrected chi connectivity index (χ0v) is 20.3. The molecule has 1 fully saturated rings. The molecular formula is C23H35ClN6O4. The first kappa shape index (κ1) is 27.4. The van der Waals surface area contributed by atoms with Gasteiger partial charge in [0, 0.05) is 26.3 Å². The Bertz CT molecular complexity index is 925. The van der Waals surface area contributed by atoms with Gasteiger partial charge >= 0.3 is 5.97 Å². The molecule has 2 atom stereocenters. The van der Waals surface area contributed by atoms with E-state index in [2.05, 4.69) is 10.6 Å². The molecule has 0 saturated heterocycles. The van der Waals surface area contributed by atoms with Crippen LogP contribution < -0.4 is 16.4 Å². The molecular weight excluding hydrogens is 460 g/mol. The van der Waals surface area contributed by atoms with Gasteiger partial charge in [-0.25, -0.2) is 0 Å². The number of carbonyl (C=O) groups excluding carboxylic acids is 2. The van der Waals surface area contributed by atoms with Gasteiger partial charge in [-0.1, -0.05) is 44.3 Å². The number of nitrogens with two attached hydrogens (primary N) is 1. The van der Waals surface area contributed by atoms with Crippen molar-refractivity contribution in [2.45, 2.75) is 57.2 Å². The van der Waals surface area contributed by atoms with Crippen LogP contribution in [0, 0.1) is 11.3 Å². The summed E-state index contributed by atoms with van der Waals surface area (Å²) in [4.78, 5) is 38.9. The molecule has 0 unspecified atom stereocenters. The van der Waals surface area contributed by atoms with Gasteiger partial charge in [0.05, 0.1) is 18.3 Å². The highest BCUT2D eigenvalue weighted by atomic mass is 35.5. The number of nitrogens with one attached hydrogen (secondary N) is 3. The lowest BCUT2D eigenvalue weighted by Crippen LogP contribution is -2.53. The smallest absolute Gasteiger partial charge is 0.317 e. The van der Waals surface area contributed by atoms with Gasteiger partial charge in [0.2, 0.25) is 11.8 Å². The second-order valence-corrected chi connectivity index (χ2v) is 8.91. The minimum atomic E-state index is -1.02. The van der Waals surface area contributed by atoms with Crippen molar-refractivity contribution < 1.29 is 19.5 Å². The minimum absolute atomic E-state index is 0. The number of carbonyl (C=O) groups is 3. The van der Waals surface area contributed by atoms with Gasteiger partial charge < -0.3 is 25.6 Å². The number of hydrogen-bond donors (Lipinski definition) is 5. The average Bonchev–Trinajstić information content (AvgIpc) is 3.42. The number of amides is 2. The van der Waals surface area contributed by atoms with E-state index in [-0.39, 0.29) is 43.1 Å². The number of aryl methyl sites for hydroxylation is 1. The highest BCUT2D eigenvalue weighted by molar-refractivity contribution is 5.94. The molecule has 188 valence electrons. The predicted octanol–water partition coefficient (Wildman–Crippen LogP) is 1.13. The summed E-state index contributed by atoms with van der Waals surface area (Å²) in [7, 11) is 1.78. The van der Waals surface area contributed by atoms with E-state index in [9.17, 15) is 14.4 Å². The predicted molar refractivity (Wildman–Crippen MR) is 131 cm³/mol. The van der Waals surface area contributed by atoms with E-state index in [1.807, 2.05) is 0 Å². The molecule has 1 aliphatic carbocycles. The Hall–Kier alpha value is -2.85. The Morgan fingerprint density at radius 3 is 2.59 bits per heavy atom. The zero-order valence-electron chi connectivity index (χ0n) is 19.5. The topological polar surface area (TPSA) is 154 Å². The maximum atomic E-state index is 13.4. The lowest BCUT2D eigenvalue weighted by molar-refractivity contribution is -0.140. The summed E-state index contributed by atoms with van der Waals surface area (Å²) in [5, 5.41) is 22.4. The second kappa shape index (κ2) is 12.6. The van der Waals surface area contributed by atoms with Crippen LogP contribution >= 0.6 is 12.4 Å². The van der Waals surface area contributed by atoms with Crippen molar-refractivity contribution in [3.05, 3.63) is 35.7 Å². The number of carboxylic acids is 1. The van der Waals surface area contributed by atoms with Crippen LogP contribution in [0.5, 0.6) is 0 Å². The number of nitrogen functional groups attached to an aromatic ring is 1. The molecule has 0 bridgehead atoms. The van der Waals surface area contributed by atoms with Gasteiger partial charge in [0.15, 0.2) is 0 Å². The number of aromatic nitrogens is 1. The first-order valence-corrected chi connectivity index (χ1v) is 11.5. The van der Waals surface area contributed by atoms with Gasteiger partial charge in [-0.15, -0.1) is 12.4 Å². The Morgan fingerprint density at radius 1 is 1.26 bits per heavy atom. The fraction of sp³-hybridized carbons (Fsp3) is 0.565. The zero-order chi connectivity index (χ0) is 24.0. The Morgan fingerprint density at radius 2 is 1.97 bits per heavy atom. The van der Waals surface area contributed by atoms with Crippen LogP contribution in [0.3, 0.4) is 0 Å². The Labute approximate surface area is 205 Å². The maximum absolute atomic E-state index is 13.4. The first-order valence-electron chi connectivity index (χ1n) is 11.5. The molecule has 1 aromatic heterocycles. The van der Waals surface area contributed by atoms with Crippen LogP contribution in [-0.4, -0.2) is 63.4 Å². The molecule has 2 heterocycles. The van der Waals surface area contributed by atoms with Gasteiger partial charge in [-0.3, -0.25) is 25.1 Å². The molecule has 1 saturated carbocycles. The summed E-state index contributed by atoms with van der Waals surface area (Å²) >= 11 is 0. The lowest BCUT2D eigenvalue weighted by Gasteiger charge is -2.31. The molecule has 2 aliphatic rings. The standard InChI is InChI=1S/C23H34N6O4.ClH/c1-28-14-16(11-19(28)21(24)25)12-27-22(32)18-8-5-9-29(18)23(33)17(26-13-20(30)31)10-15-6-3-2-4-7-15;/h5,8,11,14-15,17-18,26H,2-4,6-7,9-10,12-13H2,1H3,(H3,24,25)(H,27,32)(H,30,31);1H/t17-,18+;/m1./s1. The largest absolute Gasteiger partial charge is 0.480 e. The van der Waals surface area contributed by atoms with Crippen molar-refractivity contribution in [2.24, 2.45) is 18.7 Å². The van der Waals surface area contributed by atoms with Crippen LogP contribution in [-0.2, 0) is 28.0 Å². The van der Waals surface area contributed by atoms with Crippen molar-refractivity contribution in [3.63, 3.8) is 0 Å². The Kier molecular flexibility index (Phi) is 10.1. The summed E-state index contributed by atoms with van der Waals surface area (Å²) in [6.45, 7) is 0.259. The number of halogens is 1. The second-order valence-electron chi connectivity index (χ2n) is 8.91. The molecule has 11 heteroatoms. The van der Waals surface area contributed by atoms with Crippen LogP contribution in [0.1, 0.15) is 49.8 Å². The highest BCUT2D eigenvalue weighted by Gasteiger charge is 2.35. The third kappa shape index (κ3) is 7.07. The summed E-state index contributed by atoms with van der Waals surface area (Å²) in [6, 6.07) is 0.368. The number of amidine groups is 1. The van der Waals surface area contributed by atoms with Gasteiger partial charge in [0.25, 0.3) is 0 Å². The molecule has 34 heavy (non-hydrogen) atoms. The molecule has 10 nitrogen and oxygen atoms in total. The van der Waals surface area contributed by atoms with Crippen molar-refractivity contribution in [3.8, 4) is 0 Å². The van der Waals surface area contributed by atoms with Crippen molar-refractivity contribution >= 4 is 36.0 Å². The highest BCUT2D eigenvalue weighted by Crippen LogP contribution is 2.28. The van der Waals surface area contributed by atoms with E-state index in [4.69, 9.17) is 16.2 Å². The van der Waals surface area contributed by atoms with E-state index in [0.29, 0.717) is 24.6 Å². The fourth-order valence-electron chi connectivity index (χ4n) is 4.71. The number of hydrogen-bond acceptors (Lipinski definition) is 5. The SMILES string of the molecule is Cl.Cn1cc(CNC(=O)[C@@H]2C=CCN2C(=O)[C@@H](CC2CCCCC2)NCC(=O)O)cc1C(=N)N. The molecule has 0 radical (unpaired) electrons. The maximum Gasteiger partial charge on any atom is 0.317 e. The molecule has 0 spiro atoms. The summed E-state index contributed by atoms with van der Waals surface area (Å²) < 4.78 is 1.72. The monoisotopic (exact) mass is 494 g/mol. The van der Waals surface area contributed by atoms with E-state index in [1.165, 1.54) is 11.3 Å². The van der Waals surface area contributed by atoms with Crippen LogP contribution in [0.25, 0.3) is 0 Å². The van der Waals surface area contributed by atoms with Crippen molar-refractivity contribution in [2.75, 3.05) is 13.1 Å². The minimum Gasteiger partial charge on any atom is -0.480 e. The average molecular weight is 495 g/mol. The quantitative estimate of drug-likeness (QED) is 0.186. The molecule has 1 aromatic rings. The van der Waals surface area contributed by atoms with E-state index in [0.717, 1.165) is 31.2 Å². The summed E-state index contributed by atoms with van der Waals surface area (Å²) in [5.74, 6) is -1.24. The number of rotatable bonds is 10. The fourth-order valence-corrected chi connectivity index (χ4v) is 4.71. The van der Waals surface area contributed by atoms with Gasteiger partial charge in [0.1, 0.15) is 11.9 Å². The van der Waals surface area contributed by atoms with E-state index in [1.54, 1.807) is 36.0 Å². The molecule has 0 aromatic carbocycles. The van der Waals surface area contributed by atoms with Crippen molar-refractivity contribution in [1.82, 2.24) is 20.1 Å². The van der Waals surface area contributed by atoms with Crippen LogP contribution in [0.4, 0.5) is 0 Å². The van der Waals surface area contributed by atoms with E-state index < -0.39 is 18.1 Å². The summed E-state index contributed by atoms with van der Waals surface area (Å²) in [6.07, 6.45) is 11.4. The third-order valence-electron chi connectivity index (χ3n) is 6.40. The van der Waals surface area contributed by atoms with Gasteiger partial charge in [-0.2, -0.15) is 0 Å². The first-order chi connectivity index (χ1) is 15.8. The molecule has 2 amide bonds. The number of nitrogens with zero attached hydrogens (tertiary/aromatic N) is 2. The normalized spacial score (nSPS) is 18.9. The molecule has 3 rings (SSSR count). The molecule has 1 aliphatic heterocycles. The van der Waals surface area contributed by atoms with E-state index >= 15 is 0 Å². The van der Waals surface area contributed by atoms with Crippen LogP contribution in [0.15, 0.2) is 24.4 Å². The number of carboxylic acid groups (broad SMARTS) is 1. The number of aliphatic carboxylic acids is 1. The third-order valence-corrected chi connectivity index (χ3v) is 6.40. The molecule has 6 N–H and O–H groups in total.